The first-order chi connectivity index (χ1) is 12.3. The summed E-state index contributed by atoms with van der Waals surface area (Å²) in [7, 11) is 0. The van der Waals surface area contributed by atoms with Crippen LogP contribution in [0.15, 0.2) is 60.1 Å². The van der Waals surface area contributed by atoms with Crippen molar-refractivity contribution in [2.24, 2.45) is 0 Å². The number of carbonyl (C=O) groups is 1. The highest BCUT2D eigenvalue weighted by atomic mass is 32.1. The highest BCUT2D eigenvalue weighted by Crippen LogP contribution is 2.19. The van der Waals surface area contributed by atoms with Gasteiger partial charge in [0.1, 0.15) is 12.4 Å². The molecule has 3 aromatic rings. The van der Waals surface area contributed by atoms with Crippen molar-refractivity contribution in [2.45, 2.75) is 19.9 Å². The van der Waals surface area contributed by atoms with Crippen LogP contribution in [0.3, 0.4) is 0 Å². The van der Waals surface area contributed by atoms with Gasteiger partial charge < -0.3 is 10.1 Å². The molecule has 128 valence electrons. The molecule has 0 aliphatic rings. The number of carbonyl (C=O) groups excluding carboxylic acids is 1. The Labute approximate surface area is 151 Å². The zero-order valence-electron chi connectivity index (χ0n) is 14.1. The van der Waals surface area contributed by atoms with Gasteiger partial charge in [-0.2, -0.15) is 0 Å². The van der Waals surface area contributed by atoms with Gasteiger partial charge in [-0.3, -0.25) is 4.79 Å². The van der Waals surface area contributed by atoms with Crippen molar-refractivity contribution in [1.29, 1.82) is 0 Å². The number of ether oxygens (including phenoxy) is 1. The normalized spacial score (nSPS) is 11.1. The van der Waals surface area contributed by atoms with Gasteiger partial charge in [0, 0.05) is 12.1 Å². The second-order valence-electron chi connectivity index (χ2n) is 5.56. The lowest BCUT2D eigenvalue weighted by atomic mass is 10.2. The average molecular weight is 352 g/mol. The van der Waals surface area contributed by atoms with Crippen molar-refractivity contribution in [3.8, 4) is 5.75 Å². The Morgan fingerprint density at radius 1 is 1.24 bits per heavy atom. The van der Waals surface area contributed by atoms with E-state index in [4.69, 9.17) is 4.74 Å². The number of nitrogens with zero attached hydrogens (tertiary/aromatic N) is 1. The lowest BCUT2D eigenvalue weighted by Crippen LogP contribution is -2.22. The summed E-state index contributed by atoms with van der Waals surface area (Å²) < 4.78 is 6.69. The highest BCUT2D eigenvalue weighted by Gasteiger charge is 2.07. The molecule has 4 nitrogen and oxygen atoms in total. The number of benzene rings is 2. The second kappa shape index (κ2) is 8.44. The molecule has 0 aliphatic carbocycles. The van der Waals surface area contributed by atoms with Crippen molar-refractivity contribution in [1.82, 2.24) is 10.3 Å². The number of hydrogen-bond acceptors (Lipinski definition) is 4. The van der Waals surface area contributed by atoms with Gasteiger partial charge in [-0.05, 0) is 42.3 Å². The third kappa shape index (κ3) is 4.67. The first-order valence-electron chi connectivity index (χ1n) is 8.24. The van der Waals surface area contributed by atoms with Crippen LogP contribution < -0.4 is 10.1 Å². The molecule has 25 heavy (non-hydrogen) atoms. The Bertz CT molecular complexity index is 886. The molecular formula is C20H20N2O2S. The summed E-state index contributed by atoms with van der Waals surface area (Å²) in [4.78, 5) is 16.6. The molecule has 0 radical (unpaired) electrons. The van der Waals surface area contributed by atoms with Crippen molar-refractivity contribution in [3.05, 3.63) is 71.3 Å². The molecule has 0 bridgehead atoms. The maximum Gasteiger partial charge on any atom is 0.251 e. The number of allylic oxidation sites excluding steroid dienone is 1. The molecule has 0 saturated carbocycles. The van der Waals surface area contributed by atoms with Gasteiger partial charge in [0.2, 0.25) is 0 Å². The molecule has 1 aromatic heterocycles. The average Bonchev–Trinajstić information content (AvgIpc) is 3.11. The number of fused-ring (bicyclic) bond motifs is 1. The van der Waals surface area contributed by atoms with E-state index in [-0.39, 0.29) is 5.91 Å². The molecule has 0 aliphatic heterocycles. The summed E-state index contributed by atoms with van der Waals surface area (Å²) >= 11 is 1.53. The van der Waals surface area contributed by atoms with Crippen LogP contribution in [0, 0.1) is 0 Å². The van der Waals surface area contributed by atoms with E-state index in [1.807, 2.05) is 42.5 Å². The van der Waals surface area contributed by atoms with Crippen LogP contribution in [0.2, 0.25) is 0 Å². The molecule has 5 heteroatoms. The molecule has 1 N–H and O–H groups in total. The molecule has 1 heterocycles. The molecule has 0 spiro atoms. The lowest BCUT2D eigenvalue weighted by molar-refractivity contribution is 0.0951. The van der Waals surface area contributed by atoms with E-state index in [0.717, 1.165) is 28.0 Å². The summed E-state index contributed by atoms with van der Waals surface area (Å²) in [5.74, 6) is 0.714. The Morgan fingerprint density at radius 3 is 3.04 bits per heavy atom. The topological polar surface area (TPSA) is 51.2 Å². The highest BCUT2D eigenvalue weighted by molar-refractivity contribution is 7.16. The Balaban J connectivity index is 1.58. The van der Waals surface area contributed by atoms with E-state index in [0.29, 0.717) is 18.7 Å². The van der Waals surface area contributed by atoms with Crippen molar-refractivity contribution >= 4 is 27.5 Å². The zero-order valence-corrected chi connectivity index (χ0v) is 14.9. The van der Waals surface area contributed by atoms with E-state index in [2.05, 4.69) is 23.3 Å². The van der Waals surface area contributed by atoms with Crippen LogP contribution in [0.4, 0.5) is 0 Å². The van der Waals surface area contributed by atoms with Crippen molar-refractivity contribution in [3.63, 3.8) is 0 Å². The van der Waals surface area contributed by atoms with E-state index in [1.165, 1.54) is 11.3 Å². The maximum atomic E-state index is 12.3. The molecule has 2 aromatic carbocycles. The molecule has 0 saturated heterocycles. The van der Waals surface area contributed by atoms with Crippen LogP contribution >= 0.6 is 11.3 Å². The standard InChI is InChI=1S/C20H20N2O2S/c1-2-3-4-10-24-17-7-5-6-15(11-17)13-21-20(23)16-8-9-18-19(12-16)25-14-22-18/h3-9,11-12,14H,2,10,13H2,1H3,(H,21,23). The number of aromatic nitrogens is 1. The first kappa shape index (κ1) is 17.2. The summed E-state index contributed by atoms with van der Waals surface area (Å²) in [6.45, 7) is 3.10. The third-order valence-electron chi connectivity index (χ3n) is 3.69. The third-order valence-corrected chi connectivity index (χ3v) is 4.49. The quantitative estimate of drug-likeness (QED) is 0.634. The summed E-state index contributed by atoms with van der Waals surface area (Å²) in [6, 6.07) is 13.3. The van der Waals surface area contributed by atoms with E-state index in [9.17, 15) is 4.79 Å². The molecule has 0 fully saturated rings. The van der Waals surface area contributed by atoms with Gasteiger partial charge in [-0.15, -0.1) is 11.3 Å². The fourth-order valence-electron chi connectivity index (χ4n) is 2.41. The van der Waals surface area contributed by atoms with Crippen LogP contribution in [0.5, 0.6) is 5.75 Å². The Kier molecular flexibility index (Phi) is 5.80. The van der Waals surface area contributed by atoms with Gasteiger partial charge >= 0.3 is 0 Å². The Hall–Kier alpha value is -2.66. The Morgan fingerprint density at radius 2 is 2.16 bits per heavy atom. The van der Waals surface area contributed by atoms with E-state index in [1.54, 1.807) is 11.6 Å². The minimum absolute atomic E-state index is 0.0903. The van der Waals surface area contributed by atoms with Gasteiger partial charge in [-0.1, -0.05) is 31.2 Å². The number of nitrogens with one attached hydrogen (secondary N) is 1. The molecule has 1 amide bonds. The zero-order chi connectivity index (χ0) is 17.5. The molecule has 3 rings (SSSR count). The summed E-state index contributed by atoms with van der Waals surface area (Å²) in [6.07, 6.45) is 5.08. The fraction of sp³-hybridized carbons (Fsp3) is 0.200. The van der Waals surface area contributed by atoms with Crippen LogP contribution in [0.1, 0.15) is 29.3 Å². The van der Waals surface area contributed by atoms with Crippen LogP contribution in [-0.4, -0.2) is 17.5 Å². The van der Waals surface area contributed by atoms with E-state index < -0.39 is 0 Å². The first-order valence-corrected chi connectivity index (χ1v) is 9.12. The predicted octanol–water partition coefficient (Wildman–Crippen LogP) is 4.57. The van der Waals surface area contributed by atoms with Crippen molar-refractivity contribution < 1.29 is 9.53 Å². The van der Waals surface area contributed by atoms with Gasteiger partial charge in [-0.25, -0.2) is 4.98 Å². The fourth-order valence-corrected chi connectivity index (χ4v) is 3.12. The molecular weight excluding hydrogens is 332 g/mol. The second-order valence-corrected chi connectivity index (χ2v) is 6.44. The number of hydrogen-bond donors (Lipinski definition) is 1. The van der Waals surface area contributed by atoms with Gasteiger partial charge in [0.15, 0.2) is 0 Å². The predicted molar refractivity (Wildman–Crippen MR) is 102 cm³/mol. The van der Waals surface area contributed by atoms with Gasteiger partial charge in [0.25, 0.3) is 5.91 Å². The minimum Gasteiger partial charge on any atom is -0.490 e. The molecule has 0 unspecified atom stereocenters. The minimum atomic E-state index is -0.0903. The monoisotopic (exact) mass is 352 g/mol. The van der Waals surface area contributed by atoms with E-state index >= 15 is 0 Å². The SMILES string of the molecule is CCC=CCOc1cccc(CNC(=O)c2ccc3ncsc3c2)c1. The lowest BCUT2D eigenvalue weighted by Gasteiger charge is -2.08. The summed E-state index contributed by atoms with van der Waals surface area (Å²) in [5, 5.41) is 2.95. The van der Waals surface area contributed by atoms with Crippen LogP contribution in [0.25, 0.3) is 10.2 Å². The number of rotatable bonds is 7. The molecule has 0 atom stereocenters. The number of thiazole rings is 1. The van der Waals surface area contributed by atoms with Crippen molar-refractivity contribution in [2.75, 3.05) is 6.61 Å². The van der Waals surface area contributed by atoms with Crippen LogP contribution in [-0.2, 0) is 6.54 Å². The smallest absolute Gasteiger partial charge is 0.251 e. The van der Waals surface area contributed by atoms with Gasteiger partial charge in [0.05, 0.1) is 15.7 Å². The maximum absolute atomic E-state index is 12.3. The number of amides is 1. The largest absolute Gasteiger partial charge is 0.490 e. The summed E-state index contributed by atoms with van der Waals surface area (Å²) in [5.41, 5.74) is 4.36.